The summed E-state index contributed by atoms with van der Waals surface area (Å²) >= 11 is 0. The van der Waals surface area contributed by atoms with Crippen LogP contribution in [0.5, 0.6) is 5.75 Å². The van der Waals surface area contributed by atoms with E-state index in [1.807, 2.05) is 6.07 Å². The molecule has 0 radical (unpaired) electrons. The molecule has 1 nitrogen and oxygen atoms in total. The van der Waals surface area contributed by atoms with Gasteiger partial charge in [-0.1, -0.05) is 33.8 Å². The van der Waals surface area contributed by atoms with Gasteiger partial charge in [0.05, 0.1) is 0 Å². The van der Waals surface area contributed by atoms with E-state index in [4.69, 9.17) is 0 Å². The number of phenolic OH excluding ortho intramolecular Hbond substituents is 1. The van der Waals surface area contributed by atoms with E-state index in [0.717, 1.165) is 12.8 Å². The first kappa shape index (κ1) is 12.1. The van der Waals surface area contributed by atoms with E-state index in [2.05, 4.69) is 33.8 Å². The largest absolute Gasteiger partial charge is 0.508 e. The van der Waals surface area contributed by atoms with Gasteiger partial charge >= 0.3 is 0 Å². The predicted octanol–water partition coefficient (Wildman–Crippen LogP) is 4.42. The normalized spacial score (nSPS) is 14.9. The Balaban J connectivity index is 3.14. The fraction of sp³-hybridized carbons (Fsp3) is 0.571. The molecule has 1 aromatic rings. The minimum absolute atomic E-state index is 0.386. The van der Waals surface area contributed by atoms with Crippen LogP contribution in [0.15, 0.2) is 18.2 Å². The Hall–Kier alpha value is -0.980. The van der Waals surface area contributed by atoms with Crippen LogP contribution in [0.4, 0.5) is 0 Å². The number of phenols is 1. The quantitative estimate of drug-likeness (QED) is 0.773. The summed E-state index contributed by atoms with van der Waals surface area (Å²) in [6.45, 7) is 8.87. The Morgan fingerprint density at radius 3 is 2.07 bits per heavy atom. The molecule has 0 saturated heterocycles. The maximum Gasteiger partial charge on any atom is 0.115 e. The third-order valence-electron chi connectivity index (χ3n) is 3.36. The van der Waals surface area contributed by atoms with Crippen molar-refractivity contribution in [2.24, 2.45) is 0 Å². The van der Waals surface area contributed by atoms with Crippen LogP contribution in [-0.4, -0.2) is 5.11 Å². The molecule has 0 bridgehead atoms. The van der Waals surface area contributed by atoms with Crippen molar-refractivity contribution in [3.63, 3.8) is 0 Å². The van der Waals surface area contributed by atoms with Gasteiger partial charge in [0.15, 0.2) is 0 Å². The summed E-state index contributed by atoms with van der Waals surface area (Å²) in [7, 11) is 0. The van der Waals surface area contributed by atoms with E-state index in [1.165, 1.54) is 11.1 Å². The Bertz CT molecular complexity index is 317. The molecule has 0 fully saturated rings. The average molecular weight is 206 g/mol. The lowest BCUT2D eigenvalue weighted by molar-refractivity contribution is 0.473. The molecule has 0 spiro atoms. The summed E-state index contributed by atoms with van der Waals surface area (Å²) < 4.78 is 0. The second-order valence-electron chi connectivity index (χ2n) is 4.43. The summed E-state index contributed by atoms with van der Waals surface area (Å²) in [4.78, 5) is 0. The molecule has 2 unspecified atom stereocenters. The minimum atomic E-state index is 0.386. The lowest BCUT2D eigenvalue weighted by atomic mass is 9.86. The highest BCUT2D eigenvalue weighted by Gasteiger charge is 2.13. The number of benzene rings is 1. The van der Waals surface area contributed by atoms with Crippen molar-refractivity contribution >= 4 is 0 Å². The van der Waals surface area contributed by atoms with Crippen LogP contribution in [0, 0.1) is 0 Å². The van der Waals surface area contributed by atoms with Gasteiger partial charge in [-0.15, -0.1) is 0 Å². The van der Waals surface area contributed by atoms with E-state index in [9.17, 15) is 5.11 Å². The van der Waals surface area contributed by atoms with Crippen LogP contribution in [0.2, 0.25) is 0 Å². The van der Waals surface area contributed by atoms with E-state index in [-0.39, 0.29) is 0 Å². The van der Waals surface area contributed by atoms with Crippen LogP contribution in [0.1, 0.15) is 63.5 Å². The molecular weight excluding hydrogens is 184 g/mol. The van der Waals surface area contributed by atoms with E-state index < -0.39 is 0 Å². The molecule has 1 aromatic carbocycles. The number of hydrogen-bond donors (Lipinski definition) is 1. The van der Waals surface area contributed by atoms with Crippen LogP contribution in [0.3, 0.4) is 0 Å². The molecule has 1 heteroatoms. The van der Waals surface area contributed by atoms with Gasteiger partial charge in [0, 0.05) is 0 Å². The van der Waals surface area contributed by atoms with Gasteiger partial charge in [0.25, 0.3) is 0 Å². The van der Waals surface area contributed by atoms with Crippen LogP contribution in [-0.2, 0) is 0 Å². The number of rotatable bonds is 4. The maximum atomic E-state index is 9.54. The molecular formula is C14H22O. The minimum Gasteiger partial charge on any atom is -0.508 e. The smallest absolute Gasteiger partial charge is 0.115 e. The molecule has 1 rings (SSSR count). The fourth-order valence-electron chi connectivity index (χ4n) is 1.88. The highest BCUT2D eigenvalue weighted by Crippen LogP contribution is 2.32. The van der Waals surface area contributed by atoms with Gasteiger partial charge < -0.3 is 5.11 Å². The highest BCUT2D eigenvalue weighted by molar-refractivity contribution is 5.38. The van der Waals surface area contributed by atoms with E-state index in [0.29, 0.717) is 17.6 Å². The molecule has 0 heterocycles. The first-order valence-corrected chi connectivity index (χ1v) is 5.92. The maximum absolute atomic E-state index is 9.54. The Morgan fingerprint density at radius 1 is 1.00 bits per heavy atom. The van der Waals surface area contributed by atoms with Crippen molar-refractivity contribution in [1.29, 1.82) is 0 Å². The van der Waals surface area contributed by atoms with E-state index in [1.54, 1.807) is 6.07 Å². The van der Waals surface area contributed by atoms with Gasteiger partial charge in [-0.05, 0) is 47.9 Å². The van der Waals surface area contributed by atoms with Crippen LogP contribution >= 0.6 is 0 Å². The van der Waals surface area contributed by atoms with Gasteiger partial charge in [-0.3, -0.25) is 0 Å². The fourth-order valence-corrected chi connectivity index (χ4v) is 1.88. The van der Waals surface area contributed by atoms with Gasteiger partial charge in [0.2, 0.25) is 0 Å². The third-order valence-corrected chi connectivity index (χ3v) is 3.36. The Kier molecular flexibility index (Phi) is 4.19. The van der Waals surface area contributed by atoms with Crippen molar-refractivity contribution in [3.05, 3.63) is 29.3 Å². The van der Waals surface area contributed by atoms with Gasteiger partial charge in [0.1, 0.15) is 5.75 Å². The topological polar surface area (TPSA) is 20.2 Å². The summed E-state index contributed by atoms with van der Waals surface area (Å²) in [5.74, 6) is 1.49. The second-order valence-corrected chi connectivity index (χ2v) is 4.43. The molecule has 0 aromatic heterocycles. The Labute approximate surface area is 93.1 Å². The zero-order valence-electron chi connectivity index (χ0n) is 10.2. The van der Waals surface area contributed by atoms with Crippen molar-refractivity contribution in [2.75, 3.05) is 0 Å². The lowest BCUT2D eigenvalue weighted by Gasteiger charge is -2.19. The first-order valence-electron chi connectivity index (χ1n) is 5.92. The zero-order chi connectivity index (χ0) is 11.4. The molecule has 0 saturated carbocycles. The molecule has 1 N–H and O–H groups in total. The number of aromatic hydroxyl groups is 1. The van der Waals surface area contributed by atoms with Crippen molar-refractivity contribution in [3.8, 4) is 5.75 Å². The number of hydrogen-bond acceptors (Lipinski definition) is 1. The highest BCUT2D eigenvalue weighted by atomic mass is 16.3. The molecule has 0 aliphatic carbocycles. The van der Waals surface area contributed by atoms with Crippen LogP contribution < -0.4 is 0 Å². The summed E-state index contributed by atoms with van der Waals surface area (Å²) in [5.41, 5.74) is 2.71. The standard InChI is InChI=1S/C14H22O/c1-5-10(3)13-8-7-12(15)9-14(13)11(4)6-2/h7-11,15H,5-6H2,1-4H3. The zero-order valence-corrected chi connectivity index (χ0v) is 10.2. The summed E-state index contributed by atoms with van der Waals surface area (Å²) in [5, 5.41) is 9.54. The lowest BCUT2D eigenvalue weighted by Crippen LogP contribution is -2.01. The first-order chi connectivity index (χ1) is 7.10. The summed E-state index contributed by atoms with van der Waals surface area (Å²) in [6, 6.07) is 5.80. The summed E-state index contributed by atoms with van der Waals surface area (Å²) in [6.07, 6.45) is 2.26. The van der Waals surface area contributed by atoms with Crippen LogP contribution in [0.25, 0.3) is 0 Å². The monoisotopic (exact) mass is 206 g/mol. The third kappa shape index (κ3) is 2.74. The molecule has 0 aliphatic rings. The molecule has 0 aliphatic heterocycles. The predicted molar refractivity (Wildman–Crippen MR) is 65.5 cm³/mol. The molecule has 84 valence electrons. The second kappa shape index (κ2) is 5.20. The van der Waals surface area contributed by atoms with Gasteiger partial charge in [-0.25, -0.2) is 0 Å². The molecule has 15 heavy (non-hydrogen) atoms. The van der Waals surface area contributed by atoms with Crippen molar-refractivity contribution in [1.82, 2.24) is 0 Å². The van der Waals surface area contributed by atoms with Gasteiger partial charge in [-0.2, -0.15) is 0 Å². The molecule has 0 amide bonds. The Morgan fingerprint density at radius 2 is 1.53 bits per heavy atom. The van der Waals surface area contributed by atoms with Crippen molar-refractivity contribution in [2.45, 2.75) is 52.4 Å². The average Bonchev–Trinajstić information content (AvgIpc) is 2.26. The van der Waals surface area contributed by atoms with E-state index >= 15 is 0 Å². The molecule has 2 atom stereocenters. The van der Waals surface area contributed by atoms with Crippen molar-refractivity contribution < 1.29 is 5.11 Å². The SMILES string of the molecule is CCC(C)c1ccc(O)cc1C(C)CC.